The zero-order chi connectivity index (χ0) is 18.2. The van der Waals surface area contributed by atoms with Crippen LogP contribution < -0.4 is 5.32 Å². The number of hydrogen-bond donors (Lipinski definition) is 2. The Balaban J connectivity index is 1.48. The van der Waals surface area contributed by atoms with Crippen molar-refractivity contribution in [3.05, 3.63) is 54.1 Å². The zero-order valence-corrected chi connectivity index (χ0v) is 14.9. The molecule has 1 aliphatic rings. The van der Waals surface area contributed by atoms with Crippen molar-refractivity contribution in [1.82, 2.24) is 14.9 Å². The molecule has 0 unspecified atom stereocenters. The van der Waals surface area contributed by atoms with Gasteiger partial charge >= 0.3 is 0 Å². The minimum Gasteiger partial charge on any atom is -0.378 e. The predicted molar refractivity (Wildman–Crippen MR) is 101 cm³/mol. The normalized spacial score (nSPS) is 15.7. The second kappa shape index (κ2) is 8.68. The largest absolute Gasteiger partial charge is 0.378 e. The summed E-state index contributed by atoms with van der Waals surface area (Å²) in [5.41, 5.74) is 0.596. The van der Waals surface area contributed by atoms with Gasteiger partial charge in [-0.2, -0.15) is 0 Å². The number of carbonyl (C=O) groups is 1. The Kier molecular flexibility index (Phi) is 6.08. The van der Waals surface area contributed by atoms with Gasteiger partial charge < -0.3 is 15.0 Å². The van der Waals surface area contributed by atoms with E-state index in [2.05, 4.69) is 22.1 Å². The molecule has 0 atom stereocenters. The van der Waals surface area contributed by atoms with Gasteiger partial charge in [-0.15, -0.1) is 0 Å². The summed E-state index contributed by atoms with van der Waals surface area (Å²) in [6.45, 7) is 1.45. The highest BCUT2D eigenvalue weighted by Gasteiger charge is 2.26. The Morgan fingerprint density at radius 1 is 1.23 bits per heavy atom. The van der Waals surface area contributed by atoms with Gasteiger partial charge in [-0.05, 0) is 56.4 Å². The van der Waals surface area contributed by atoms with Gasteiger partial charge in [0, 0.05) is 36.6 Å². The van der Waals surface area contributed by atoms with Crippen LogP contribution in [0.4, 0.5) is 0 Å². The van der Waals surface area contributed by atoms with E-state index in [1.54, 1.807) is 24.7 Å². The quantitative estimate of drug-likeness (QED) is 0.643. The molecule has 1 aromatic carbocycles. The maximum Gasteiger partial charge on any atom is 0.251 e. The molecule has 1 heterocycles. The van der Waals surface area contributed by atoms with E-state index in [0.29, 0.717) is 12.1 Å². The Morgan fingerprint density at radius 3 is 2.69 bits per heavy atom. The molecular weight excluding hydrogens is 326 g/mol. The molecule has 1 aromatic heterocycles. The number of aliphatic hydroxyl groups is 1. The second-order valence-corrected chi connectivity index (χ2v) is 6.83. The lowest BCUT2D eigenvalue weighted by atomic mass is 9.85. The fourth-order valence-corrected chi connectivity index (χ4v) is 3.14. The number of aromatic nitrogens is 2. The highest BCUT2D eigenvalue weighted by atomic mass is 16.3. The van der Waals surface area contributed by atoms with Crippen molar-refractivity contribution in [3.8, 4) is 11.8 Å². The van der Waals surface area contributed by atoms with Gasteiger partial charge in [-0.25, -0.2) is 4.98 Å². The second-order valence-electron chi connectivity index (χ2n) is 6.83. The van der Waals surface area contributed by atoms with Crippen LogP contribution in [0.15, 0.2) is 43.0 Å². The molecule has 1 aliphatic carbocycles. The van der Waals surface area contributed by atoms with Gasteiger partial charge in [0.2, 0.25) is 0 Å². The number of nitrogens with one attached hydrogen (secondary N) is 1. The highest BCUT2D eigenvalue weighted by molar-refractivity contribution is 5.94. The van der Waals surface area contributed by atoms with Crippen LogP contribution in [-0.4, -0.2) is 32.7 Å². The van der Waals surface area contributed by atoms with E-state index in [-0.39, 0.29) is 5.91 Å². The number of nitrogens with zero attached hydrogens (tertiary/aromatic N) is 2. The molecule has 0 aliphatic heterocycles. The van der Waals surface area contributed by atoms with Crippen LogP contribution in [0, 0.1) is 11.8 Å². The van der Waals surface area contributed by atoms with Gasteiger partial charge in [0.05, 0.1) is 6.33 Å². The number of hydrogen-bond acceptors (Lipinski definition) is 3. The minimum absolute atomic E-state index is 0.0824. The fraction of sp³-hybridized carbons (Fsp3) is 0.429. The summed E-state index contributed by atoms with van der Waals surface area (Å²) in [5, 5.41) is 13.3. The lowest BCUT2D eigenvalue weighted by molar-refractivity contribution is 0.0610. The summed E-state index contributed by atoms with van der Waals surface area (Å²) in [5.74, 6) is 5.98. The SMILES string of the molecule is O=C(NCCCn1ccnc1)c1ccc(C#CC2(O)CCCCC2)cc1. The van der Waals surface area contributed by atoms with E-state index in [0.717, 1.165) is 44.2 Å². The standard InChI is InChI=1S/C21H25N3O2/c25-20(23-13-4-15-24-16-14-22-17-24)19-7-5-18(6-8-19)9-12-21(26)10-2-1-3-11-21/h5-8,14,16-17,26H,1-4,10-11,13,15H2,(H,23,25). The fourth-order valence-electron chi connectivity index (χ4n) is 3.14. The first kappa shape index (κ1) is 18.2. The van der Waals surface area contributed by atoms with Crippen LogP contribution in [-0.2, 0) is 6.54 Å². The molecule has 2 N–H and O–H groups in total. The summed E-state index contributed by atoms with van der Waals surface area (Å²) < 4.78 is 1.99. The Hall–Kier alpha value is -2.58. The van der Waals surface area contributed by atoms with Crippen LogP contribution in [0.3, 0.4) is 0 Å². The molecule has 0 radical (unpaired) electrons. The molecule has 5 heteroatoms. The van der Waals surface area contributed by atoms with Crippen molar-refractivity contribution in [2.45, 2.75) is 50.7 Å². The van der Waals surface area contributed by atoms with Crippen LogP contribution in [0.25, 0.3) is 0 Å². The average molecular weight is 351 g/mol. The van der Waals surface area contributed by atoms with E-state index < -0.39 is 5.60 Å². The summed E-state index contributed by atoms with van der Waals surface area (Å²) >= 11 is 0. The minimum atomic E-state index is -0.844. The number of benzene rings is 1. The first-order valence-electron chi connectivity index (χ1n) is 9.24. The summed E-state index contributed by atoms with van der Waals surface area (Å²) in [6, 6.07) is 7.22. The molecule has 1 amide bonds. The molecule has 0 spiro atoms. The van der Waals surface area contributed by atoms with Crippen molar-refractivity contribution < 1.29 is 9.90 Å². The maximum absolute atomic E-state index is 12.2. The molecule has 5 nitrogen and oxygen atoms in total. The van der Waals surface area contributed by atoms with Gasteiger partial charge in [-0.1, -0.05) is 18.3 Å². The lowest BCUT2D eigenvalue weighted by Crippen LogP contribution is -2.29. The van der Waals surface area contributed by atoms with Gasteiger partial charge in [-0.3, -0.25) is 4.79 Å². The van der Waals surface area contributed by atoms with Crippen molar-refractivity contribution in [2.75, 3.05) is 6.54 Å². The van der Waals surface area contributed by atoms with E-state index in [1.807, 2.05) is 22.9 Å². The van der Waals surface area contributed by atoms with Gasteiger partial charge in [0.1, 0.15) is 5.60 Å². The van der Waals surface area contributed by atoms with Crippen LogP contribution >= 0.6 is 0 Å². The Bertz CT molecular complexity index is 764. The zero-order valence-electron chi connectivity index (χ0n) is 14.9. The number of imidazole rings is 1. The third kappa shape index (κ3) is 5.21. The summed E-state index contributed by atoms with van der Waals surface area (Å²) in [4.78, 5) is 16.2. The number of carbonyl (C=O) groups excluding carboxylic acids is 1. The Labute approximate surface area is 154 Å². The van der Waals surface area contributed by atoms with Crippen molar-refractivity contribution in [1.29, 1.82) is 0 Å². The van der Waals surface area contributed by atoms with Gasteiger partial charge in [0.25, 0.3) is 5.91 Å². The van der Waals surface area contributed by atoms with Crippen molar-refractivity contribution in [2.24, 2.45) is 0 Å². The molecule has 1 fully saturated rings. The highest BCUT2D eigenvalue weighted by Crippen LogP contribution is 2.27. The van der Waals surface area contributed by atoms with Crippen LogP contribution in [0.1, 0.15) is 54.4 Å². The van der Waals surface area contributed by atoms with E-state index in [9.17, 15) is 9.90 Å². The first-order valence-corrected chi connectivity index (χ1v) is 9.24. The first-order chi connectivity index (χ1) is 12.6. The molecule has 0 bridgehead atoms. The van der Waals surface area contributed by atoms with Crippen LogP contribution in [0.2, 0.25) is 0 Å². The maximum atomic E-state index is 12.2. The molecule has 26 heavy (non-hydrogen) atoms. The third-order valence-corrected chi connectivity index (χ3v) is 4.71. The van der Waals surface area contributed by atoms with Crippen molar-refractivity contribution >= 4 is 5.91 Å². The predicted octanol–water partition coefficient (Wildman–Crippen LogP) is 2.75. The van der Waals surface area contributed by atoms with E-state index in [1.165, 1.54) is 6.42 Å². The molecule has 0 saturated heterocycles. The lowest BCUT2D eigenvalue weighted by Gasteiger charge is -2.26. The number of aryl methyl sites for hydroxylation is 1. The average Bonchev–Trinajstić information content (AvgIpc) is 3.18. The number of rotatable bonds is 5. The molecule has 2 aromatic rings. The van der Waals surface area contributed by atoms with Gasteiger partial charge in [0.15, 0.2) is 0 Å². The van der Waals surface area contributed by atoms with Crippen LogP contribution in [0.5, 0.6) is 0 Å². The summed E-state index contributed by atoms with van der Waals surface area (Å²) in [7, 11) is 0. The Morgan fingerprint density at radius 2 is 2.00 bits per heavy atom. The van der Waals surface area contributed by atoms with E-state index in [4.69, 9.17) is 0 Å². The third-order valence-electron chi connectivity index (χ3n) is 4.71. The number of amides is 1. The smallest absolute Gasteiger partial charge is 0.251 e. The molecule has 1 saturated carbocycles. The summed E-state index contributed by atoms with van der Waals surface area (Å²) in [6.07, 6.45) is 11.0. The molecule has 3 rings (SSSR count). The topological polar surface area (TPSA) is 67.2 Å². The van der Waals surface area contributed by atoms with E-state index >= 15 is 0 Å². The monoisotopic (exact) mass is 351 g/mol. The van der Waals surface area contributed by atoms with Crippen molar-refractivity contribution in [3.63, 3.8) is 0 Å². The molecular formula is C21H25N3O2. The molecule has 136 valence electrons.